The summed E-state index contributed by atoms with van der Waals surface area (Å²) in [6.45, 7) is 0. The van der Waals surface area contributed by atoms with Crippen LogP contribution in [0.3, 0.4) is 0 Å². The summed E-state index contributed by atoms with van der Waals surface area (Å²) in [5.41, 5.74) is 6.57. The number of thiophene rings is 1. The van der Waals surface area contributed by atoms with E-state index >= 15 is 0 Å². The van der Waals surface area contributed by atoms with E-state index in [0.717, 1.165) is 10.6 Å². The summed E-state index contributed by atoms with van der Waals surface area (Å²) in [5.74, 6) is 0. The molecule has 0 aliphatic heterocycles. The minimum Gasteiger partial charge on any atom is -0.398 e. The van der Waals surface area contributed by atoms with E-state index in [1.54, 1.807) is 23.1 Å². The maximum absolute atomic E-state index is 6.05. The highest BCUT2D eigenvalue weighted by molar-refractivity contribution is 8.01. The summed E-state index contributed by atoms with van der Waals surface area (Å²) in [4.78, 5) is 0.941. The average Bonchev–Trinajstić information content (AvgIpc) is 2.64. The fourth-order valence-electron chi connectivity index (χ4n) is 1.06. The van der Waals surface area contributed by atoms with Crippen LogP contribution in [0.2, 0.25) is 5.02 Å². The van der Waals surface area contributed by atoms with Gasteiger partial charge >= 0.3 is 0 Å². The van der Waals surface area contributed by atoms with Gasteiger partial charge in [0.05, 0.1) is 14.1 Å². The van der Waals surface area contributed by atoms with E-state index in [4.69, 9.17) is 17.3 Å². The second kappa shape index (κ2) is 4.26. The van der Waals surface area contributed by atoms with Crippen molar-refractivity contribution < 1.29 is 0 Å². The van der Waals surface area contributed by atoms with Gasteiger partial charge in [-0.3, -0.25) is 0 Å². The van der Waals surface area contributed by atoms with Crippen LogP contribution in [0.15, 0.2) is 44.8 Å². The van der Waals surface area contributed by atoms with Crippen LogP contribution in [0, 0.1) is 0 Å². The molecule has 0 saturated heterocycles. The summed E-state index contributed by atoms with van der Waals surface area (Å²) < 4.78 is 1.20. The number of benzene rings is 1. The molecule has 0 aliphatic rings. The van der Waals surface area contributed by atoms with Crippen molar-refractivity contribution in [3.63, 3.8) is 0 Å². The van der Waals surface area contributed by atoms with E-state index in [-0.39, 0.29) is 0 Å². The van der Waals surface area contributed by atoms with Crippen molar-refractivity contribution in [2.75, 3.05) is 5.73 Å². The van der Waals surface area contributed by atoms with Crippen LogP contribution in [0.1, 0.15) is 0 Å². The minimum atomic E-state index is 0.711. The summed E-state index contributed by atoms with van der Waals surface area (Å²) >= 11 is 9.34. The lowest BCUT2D eigenvalue weighted by Gasteiger charge is -2.05. The smallest absolute Gasteiger partial charge is 0.0647 e. The molecule has 1 aromatic heterocycles. The Balaban J connectivity index is 2.33. The molecule has 0 spiro atoms. The second-order valence-corrected chi connectivity index (χ2v) is 5.36. The molecule has 4 heteroatoms. The Kier molecular flexibility index (Phi) is 3.01. The molecule has 72 valence electrons. The molecule has 0 amide bonds. The summed E-state index contributed by atoms with van der Waals surface area (Å²) in [5, 5.41) is 2.75. The third-order valence-corrected chi connectivity index (χ3v) is 4.32. The Labute approximate surface area is 95.9 Å². The first-order valence-electron chi connectivity index (χ1n) is 4.03. The molecule has 2 N–H and O–H groups in total. The van der Waals surface area contributed by atoms with Crippen molar-refractivity contribution in [3.05, 3.63) is 40.7 Å². The highest BCUT2D eigenvalue weighted by Crippen LogP contribution is 2.39. The SMILES string of the molecule is Nc1cccc(Cl)c1Sc1cccs1. The molecular formula is C10H8ClNS2. The van der Waals surface area contributed by atoms with E-state index in [9.17, 15) is 0 Å². The van der Waals surface area contributed by atoms with Crippen molar-refractivity contribution in [2.45, 2.75) is 9.10 Å². The second-order valence-electron chi connectivity index (χ2n) is 2.69. The van der Waals surface area contributed by atoms with Gasteiger partial charge in [0.2, 0.25) is 0 Å². The van der Waals surface area contributed by atoms with Crippen LogP contribution >= 0.6 is 34.7 Å². The lowest BCUT2D eigenvalue weighted by Crippen LogP contribution is -1.87. The van der Waals surface area contributed by atoms with Crippen LogP contribution in [-0.2, 0) is 0 Å². The Morgan fingerprint density at radius 1 is 1.21 bits per heavy atom. The van der Waals surface area contributed by atoms with Gasteiger partial charge in [-0.05, 0) is 23.6 Å². The number of nitrogen functional groups attached to an aromatic ring is 1. The van der Waals surface area contributed by atoms with Gasteiger partial charge in [-0.2, -0.15) is 0 Å². The predicted molar refractivity (Wildman–Crippen MR) is 64.3 cm³/mol. The highest BCUT2D eigenvalue weighted by Gasteiger charge is 2.06. The lowest BCUT2D eigenvalue weighted by molar-refractivity contribution is 1.45. The number of nitrogens with two attached hydrogens (primary N) is 1. The number of halogens is 1. The highest BCUT2D eigenvalue weighted by atomic mass is 35.5. The normalized spacial score (nSPS) is 10.4. The molecule has 0 radical (unpaired) electrons. The summed E-state index contributed by atoms with van der Waals surface area (Å²) in [6, 6.07) is 9.64. The molecular weight excluding hydrogens is 234 g/mol. The molecule has 2 rings (SSSR count). The zero-order valence-electron chi connectivity index (χ0n) is 7.24. The fourth-order valence-corrected chi connectivity index (χ4v) is 3.11. The van der Waals surface area contributed by atoms with E-state index < -0.39 is 0 Å². The molecule has 2 aromatic rings. The van der Waals surface area contributed by atoms with Gasteiger partial charge in [0.1, 0.15) is 0 Å². The van der Waals surface area contributed by atoms with Gasteiger partial charge in [-0.15, -0.1) is 11.3 Å². The molecule has 1 heterocycles. The molecule has 0 fully saturated rings. The largest absolute Gasteiger partial charge is 0.398 e. The van der Waals surface area contributed by atoms with Crippen LogP contribution in [0.4, 0.5) is 5.69 Å². The van der Waals surface area contributed by atoms with E-state index in [1.165, 1.54) is 4.21 Å². The standard InChI is InChI=1S/C10H8ClNS2/c11-7-3-1-4-8(12)10(7)14-9-5-2-6-13-9/h1-6H,12H2. The van der Waals surface area contributed by atoms with E-state index in [0.29, 0.717) is 5.02 Å². The predicted octanol–water partition coefficient (Wildman–Crippen LogP) is 4.13. The van der Waals surface area contributed by atoms with Gasteiger partial charge in [-0.25, -0.2) is 0 Å². The third kappa shape index (κ3) is 2.05. The van der Waals surface area contributed by atoms with Crippen molar-refractivity contribution in [3.8, 4) is 0 Å². The van der Waals surface area contributed by atoms with E-state index in [2.05, 4.69) is 6.07 Å². The average molecular weight is 242 g/mol. The number of anilines is 1. The van der Waals surface area contributed by atoms with Crippen molar-refractivity contribution in [1.29, 1.82) is 0 Å². The maximum Gasteiger partial charge on any atom is 0.0647 e. The molecule has 0 bridgehead atoms. The molecule has 0 unspecified atom stereocenters. The van der Waals surface area contributed by atoms with E-state index in [1.807, 2.05) is 29.6 Å². The van der Waals surface area contributed by atoms with Crippen LogP contribution in [0.5, 0.6) is 0 Å². The zero-order chi connectivity index (χ0) is 9.97. The number of hydrogen-bond acceptors (Lipinski definition) is 3. The first-order chi connectivity index (χ1) is 6.77. The third-order valence-electron chi connectivity index (χ3n) is 1.70. The van der Waals surface area contributed by atoms with Crippen LogP contribution in [-0.4, -0.2) is 0 Å². The van der Waals surface area contributed by atoms with Gasteiger partial charge in [0.15, 0.2) is 0 Å². The molecule has 0 saturated carbocycles. The Bertz CT molecular complexity index is 405. The Hall–Kier alpha value is -0.640. The van der Waals surface area contributed by atoms with Gasteiger partial charge in [-0.1, -0.05) is 35.5 Å². The Morgan fingerprint density at radius 2 is 2.07 bits per heavy atom. The molecule has 1 aromatic carbocycles. The van der Waals surface area contributed by atoms with Gasteiger partial charge < -0.3 is 5.73 Å². The molecule has 1 nitrogen and oxygen atoms in total. The first-order valence-corrected chi connectivity index (χ1v) is 6.10. The number of rotatable bonds is 2. The van der Waals surface area contributed by atoms with Gasteiger partial charge in [0.25, 0.3) is 0 Å². The minimum absolute atomic E-state index is 0.711. The maximum atomic E-state index is 6.05. The topological polar surface area (TPSA) is 26.0 Å². The monoisotopic (exact) mass is 241 g/mol. The van der Waals surface area contributed by atoms with Crippen molar-refractivity contribution in [1.82, 2.24) is 0 Å². The van der Waals surface area contributed by atoms with Crippen molar-refractivity contribution in [2.24, 2.45) is 0 Å². The number of hydrogen-bond donors (Lipinski definition) is 1. The molecule has 14 heavy (non-hydrogen) atoms. The molecule has 0 atom stereocenters. The summed E-state index contributed by atoms with van der Waals surface area (Å²) in [6.07, 6.45) is 0. The first kappa shape index (κ1) is 9.90. The van der Waals surface area contributed by atoms with Gasteiger partial charge in [0, 0.05) is 5.69 Å². The fraction of sp³-hybridized carbons (Fsp3) is 0. The van der Waals surface area contributed by atoms with Crippen LogP contribution in [0.25, 0.3) is 0 Å². The zero-order valence-corrected chi connectivity index (χ0v) is 9.62. The molecule has 0 aliphatic carbocycles. The quantitative estimate of drug-likeness (QED) is 0.800. The van der Waals surface area contributed by atoms with Crippen molar-refractivity contribution >= 4 is 40.4 Å². The van der Waals surface area contributed by atoms with Crippen LogP contribution < -0.4 is 5.73 Å². The Morgan fingerprint density at radius 3 is 2.71 bits per heavy atom. The summed E-state index contributed by atoms with van der Waals surface area (Å²) in [7, 11) is 0. The lowest BCUT2D eigenvalue weighted by atomic mass is 10.3.